The number of carbonyl (C=O) groups excluding carboxylic acids is 3. The number of ether oxygens (including phenoxy) is 1. The van der Waals surface area contributed by atoms with Crippen LogP contribution in [-0.2, 0) is 9.53 Å². The van der Waals surface area contributed by atoms with Gasteiger partial charge in [-0.2, -0.15) is 0 Å². The van der Waals surface area contributed by atoms with Crippen LogP contribution in [-0.4, -0.2) is 31.4 Å². The first-order valence-corrected chi connectivity index (χ1v) is 7.82. The fourth-order valence-electron chi connectivity index (χ4n) is 1.98. The van der Waals surface area contributed by atoms with Crippen molar-refractivity contribution < 1.29 is 19.1 Å². The van der Waals surface area contributed by atoms with E-state index >= 15 is 0 Å². The highest BCUT2D eigenvalue weighted by Gasteiger charge is 2.14. The van der Waals surface area contributed by atoms with E-state index in [0.717, 1.165) is 0 Å². The number of hydrogen-bond acceptors (Lipinski definition) is 4. The molecule has 0 heterocycles. The third-order valence-corrected chi connectivity index (χ3v) is 3.83. The fourth-order valence-corrected chi connectivity index (χ4v) is 2.44. The summed E-state index contributed by atoms with van der Waals surface area (Å²) in [6.45, 7) is -0.227. The summed E-state index contributed by atoms with van der Waals surface area (Å²) in [7, 11) is 1.26. The van der Waals surface area contributed by atoms with Gasteiger partial charge in [0, 0.05) is 4.47 Å². The van der Waals surface area contributed by atoms with Crippen molar-refractivity contribution in [3.63, 3.8) is 0 Å². The van der Waals surface area contributed by atoms with Gasteiger partial charge in [-0.3, -0.25) is 9.59 Å². The smallest absolute Gasteiger partial charge is 0.339 e. The molecule has 2 rings (SSSR count). The minimum atomic E-state index is -0.553. The van der Waals surface area contributed by atoms with Crippen LogP contribution in [0.15, 0.2) is 53.0 Å². The second-order valence-corrected chi connectivity index (χ2v) is 5.60. The molecular weight excluding hydrogens is 376 g/mol. The first-order valence-electron chi connectivity index (χ1n) is 7.03. The summed E-state index contributed by atoms with van der Waals surface area (Å²) in [5.41, 5.74) is 0.996. The number of anilines is 1. The van der Waals surface area contributed by atoms with Crippen molar-refractivity contribution in [2.24, 2.45) is 0 Å². The fraction of sp³-hybridized carbons (Fsp3) is 0.118. The van der Waals surface area contributed by atoms with Gasteiger partial charge in [0.25, 0.3) is 5.91 Å². The van der Waals surface area contributed by atoms with Crippen LogP contribution in [0.2, 0.25) is 0 Å². The topological polar surface area (TPSA) is 84.5 Å². The van der Waals surface area contributed by atoms with Crippen LogP contribution in [0.25, 0.3) is 0 Å². The molecule has 0 aliphatic heterocycles. The van der Waals surface area contributed by atoms with Gasteiger partial charge in [-0.25, -0.2) is 4.79 Å². The number of nitrogens with one attached hydrogen (secondary N) is 2. The summed E-state index contributed by atoms with van der Waals surface area (Å²) in [5, 5.41) is 5.11. The van der Waals surface area contributed by atoms with E-state index in [1.807, 2.05) is 0 Å². The molecule has 0 atom stereocenters. The molecule has 0 aromatic heterocycles. The average Bonchev–Trinajstić information content (AvgIpc) is 2.60. The predicted molar refractivity (Wildman–Crippen MR) is 92.9 cm³/mol. The Morgan fingerprint density at radius 1 is 1.00 bits per heavy atom. The Labute approximate surface area is 147 Å². The maximum atomic E-state index is 12.0. The molecule has 2 aromatic rings. The number of benzene rings is 2. The molecule has 124 valence electrons. The zero-order valence-corrected chi connectivity index (χ0v) is 14.4. The first kappa shape index (κ1) is 17.7. The highest BCUT2D eigenvalue weighted by atomic mass is 79.9. The number of carbonyl (C=O) groups is 3. The van der Waals surface area contributed by atoms with Gasteiger partial charge in [-0.1, -0.05) is 24.3 Å². The summed E-state index contributed by atoms with van der Waals surface area (Å²) < 4.78 is 5.30. The molecule has 0 unspecified atom stereocenters. The average molecular weight is 391 g/mol. The second kappa shape index (κ2) is 8.26. The summed E-state index contributed by atoms with van der Waals surface area (Å²) in [6, 6.07) is 13.4. The first-order chi connectivity index (χ1) is 11.5. The number of hydrogen-bond donors (Lipinski definition) is 2. The van der Waals surface area contributed by atoms with Gasteiger partial charge in [-0.15, -0.1) is 0 Å². The van der Waals surface area contributed by atoms with E-state index in [1.165, 1.54) is 7.11 Å². The minimum Gasteiger partial charge on any atom is -0.465 e. The Hall–Kier alpha value is -2.67. The molecule has 0 fully saturated rings. The lowest BCUT2D eigenvalue weighted by Gasteiger charge is -2.10. The lowest BCUT2D eigenvalue weighted by Crippen LogP contribution is -2.33. The third kappa shape index (κ3) is 4.42. The summed E-state index contributed by atoms with van der Waals surface area (Å²) in [4.78, 5) is 35.7. The zero-order valence-electron chi connectivity index (χ0n) is 12.8. The molecule has 0 bridgehead atoms. The Morgan fingerprint density at radius 2 is 1.62 bits per heavy atom. The van der Waals surface area contributed by atoms with Crippen molar-refractivity contribution >= 4 is 39.4 Å². The van der Waals surface area contributed by atoms with Crippen molar-refractivity contribution in [2.75, 3.05) is 19.0 Å². The molecule has 0 spiro atoms. The molecule has 2 aromatic carbocycles. The maximum absolute atomic E-state index is 12.0. The number of halogens is 1. The van der Waals surface area contributed by atoms with Gasteiger partial charge < -0.3 is 15.4 Å². The van der Waals surface area contributed by atoms with Crippen LogP contribution < -0.4 is 10.6 Å². The quantitative estimate of drug-likeness (QED) is 0.768. The van der Waals surface area contributed by atoms with Gasteiger partial charge in [0.2, 0.25) is 5.91 Å². The van der Waals surface area contributed by atoms with Crippen LogP contribution >= 0.6 is 15.9 Å². The molecule has 2 N–H and O–H groups in total. The van der Waals surface area contributed by atoms with Crippen molar-refractivity contribution in [1.29, 1.82) is 0 Å². The predicted octanol–water partition coefficient (Wildman–Crippen LogP) is 2.60. The van der Waals surface area contributed by atoms with Crippen molar-refractivity contribution in [1.82, 2.24) is 5.32 Å². The molecule has 2 amide bonds. The third-order valence-electron chi connectivity index (χ3n) is 3.13. The van der Waals surface area contributed by atoms with Gasteiger partial charge >= 0.3 is 5.97 Å². The lowest BCUT2D eigenvalue weighted by molar-refractivity contribution is -0.115. The van der Waals surface area contributed by atoms with Crippen LogP contribution in [0.1, 0.15) is 20.7 Å². The Balaban J connectivity index is 1.99. The van der Waals surface area contributed by atoms with Crippen molar-refractivity contribution in [2.45, 2.75) is 0 Å². The SMILES string of the molecule is COC(=O)c1ccccc1NC(=O)CNC(=O)c1ccccc1Br. The number of esters is 1. The molecule has 0 saturated heterocycles. The van der Waals surface area contributed by atoms with Crippen molar-refractivity contribution in [3.8, 4) is 0 Å². The van der Waals surface area contributed by atoms with E-state index in [-0.39, 0.29) is 18.0 Å². The highest BCUT2D eigenvalue weighted by Crippen LogP contribution is 2.16. The molecule has 0 radical (unpaired) electrons. The molecule has 7 heteroatoms. The minimum absolute atomic E-state index is 0.227. The molecule has 24 heavy (non-hydrogen) atoms. The van der Waals surface area contributed by atoms with E-state index in [9.17, 15) is 14.4 Å². The zero-order chi connectivity index (χ0) is 17.5. The Kier molecular flexibility index (Phi) is 6.08. The maximum Gasteiger partial charge on any atom is 0.339 e. The van der Waals surface area contributed by atoms with Gasteiger partial charge in [0.05, 0.1) is 30.5 Å². The van der Waals surface area contributed by atoms with E-state index in [1.54, 1.807) is 48.5 Å². The van der Waals surface area contributed by atoms with E-state index in [2.05, 4.69) is 31.3 Å². The van der Waals surface area contributed by atoms with Crippen molar-refractivity contribution in [3.05, 3.63) is 64.1 Å². The standard InChI is InChI=1S/C17H15BrN2O4/c1-24-17(23)12-7-3-5-9-14(12)20-15(21)10-19-16(22)11-6-2-4-8-13(11)18/h2-9H,10H2,1H3,(H,19,22)(H,20,21). The summed E-state index contributed by atoms with van der Waals surface area (Å²) >= 11 is 3.28. The summed E-state index contributed by atoms with van der Waals surface area (Å²) in [5.74, 6) is -1.38. The van der Waals surface area contributed by atoms with Crippen LogP contribution in [0.5, 0.6) is 0 Å². The monoisotopic (exact) mass is 390 g/mol. The number of rotatable bonds is 5. The number of methoxy groups -OCH3 is 1. The van der Waals surface area contributed by atoms with E-state index in [0.29, 0.717) is 15.7 Å². The largest absolute Gasteiger partial charge is 0.465 e. The van der Waals surface area contributed by atoms with Crippen LogP contribution in [0.4, 0.5) is 5.69 Å². The van der Waals surface area contributed by atoms with Crippen LogP contribution in [0, 0.1) is 0 Å². The van der Waals surface area contributed by atoms with Gasteiger partial charge in [-0.05, 0) is 40.2 Å². The highest BCUT2D eigenvalue weighted by molar-refractivity contribution is 9.10. The van der Waals surface area contributed by atoms with Crippen LogP contribution in [0.3, 0.4) is 0 Å². The number of amides is 2. The second-order valence-electron chi connectivity index (χ2n) is 4.75. The Bertz CT molecular complexity index is 777. The molecule has 0 aliphatic carbocycles. The van der Waals surface area contributed by atoms with E-state index in [4.69, 9.17) is 0 Å². The molecule has 0 saturated carbocycles. The normalized spacial score (nSPS) is 9.92. The van der Waals surface area contributed by atoms with Gasteiger partial charge in [0.1, 0.15) is 0 Å². The number of para-hydroxylation sites is 1. The van der Waals surface area contributed by atoms with Gasteiger partial charge in [0.15, 0.2) is 0 Å². The Morgan fingerprint density at radius 3 is 2.29 bits per heavy atom. The molecular formula is C17H15BrN2O4. The van der Waals surface area contributed by atoms with E-state index < -0.39 is 11.9 Å². The lowest BCUT2D eigenvalue weighted by atomic mass is 10.2. The summed E-state index contributed by atoms with van der Waals surface area (Å²) in [6.07, 6.45) is 0. The molecule has 0 aliphatic rings. The molecule has 6 nitrogen and oxygen atoms in total.